The average Bonchev–Trinajstić information content (AvgIpc) is 2.99. The van der Waals surface area contributed by atoms with Crippen molar-refractivity contribution in [2.45, 2.75) is 13.5 Å². The van der Waals surface area contributed by atoms with Crippen LogP contribution in [0.15, 0.2) is 28.8 Å². The van der Waals surface area contributed by atoms with E-state index in [9.17, 15) is 0 Å². The van der Waals surface area contributed by atoms with Gasteiger partial charge in [-0.15, -0.1) is 0 Å². The highest BCUT2D eigenvalue weighted by atomic mass is 16.5. The smallest absolute Gasteiger partial charge is 0.241 e. The van der Waals surface area contributed by atoms with Gasteiger partial charge in [0.15, 0.2) is 0 Å². The number of likely N-dealkylation sites (N-methyl/N-ethyl adjacent to an activating group) is 1. The number of nitrogens with zero attached hydrogens (tertiary/aromatic N) is 4. The molecule has 1 aliphatic rings. The molecule has 2 aromatic rings. The van der Waals surface area contributed by atoms with Crippen molar-refractivity contribution in [1.29, 1.82) is 0 Å². The minimum absolute atomic E-state index is 0.632. The van der Waals surface area contributed by atoms with E-state index in [1.165, 1.54) is 0 Å². The van der Waals surface area contributed by atoms with Crippen LogP contribution in [0.25, 0.3) is 11.4 Å². The second-order valence-electron chi connectivity index (χ2n) is 5.55. The molecule has 1 fully saturated rings. The number of benzene rings is 1. The molecule has 6 nitrogen and oxygen atoms in total. The second kappa shape index (κ2) is 6.89. The summed E-state index contributed by atoms with van der Waals surface area (Å²) in [6.45, 7) is 7.60. The molecule has 0 radical (unpaired) electrons. The maximum Gasteiger partial charge on any atom is 0.241 e. The predicted octanol–water partition coefficient (Wildman–Crippen LogP) is 1.88. The van der Waals surface area contributed by atoms with Crippen LogP contribution in [0.3, 0.4) is 0 Å². The largest absolute Gasteiger partial charge is 0.494 e. The first kappa shape index (κ1) is 15.0. The van der Waals surface area contributed by atoms with Crippen LogP contribution in [0.2, 0.25) is 0 Å². The Bertz CT molecular complexity index is 588. The zero-order valence-corrected chi connectivity index (χ0v) is 13.2. The van der Waals surface area contributed by atoms with Crippen LogP contribution in [0.4, 0.5) is 0 Å². The molecule has 0 saturated carbocycles. The van der Waals surface area contributed by atoms with Gasteiger partial charge in [-0.2, -0.15) is 4.98 Å². The second-order valence-corrected chi connectivity index (χ2v) is 5.55. The van der Waals surface area contributed by atoms with E-state index in [0.717, 1.165) is 44.0 Å². The van der Waals surface area contributed by atoms with Crippen LogP contribution < -0.4 is 4.74 Å². The maximum absolute atomic E-state index is 5.44. The molecule has 0 unspecified atom stereocenters. The van der Waals surface area contributed by atoms with Gasteiger partial charge < -0.3 is 14.2 Å². The maximum atomic E-state index is 5.44. The van der Waals surface area contributed by atoms with E-state index in [-0.39, 0.29) is 0 Å². The van der Waals surface area contributed by atoms with Gasteiger partial charge in [-0.1, -0.05) is 5.16 Å². The molecule has 1 aromatic heterocycles. The monoisotopic (exact) mass is 302 g/mol. The van der Waals surface area contributed by atoms with Gasteiger partial charge in [0.1, 0.15) is 5.75 Å². The Morgan fingerprint density at radius 1 is 1.14 bits per heavy atom. The third kappa shape index (κ3) is 3.64. The molecule has 22 heavy (non-hydrogen) atoms. The lowest BCUT2D eigenvalue weighted by Gasteiger charge is -2.31. The van der Waals surface area contributed by atoms with E-state index >= 15 is 0 Å². The minimum Gasteiger partial charge on any atom is -0.494 e. The lowest BCUT2D eigenvalue weighted by atomic mass is 10.2. The van der Waals surface area contributed by atoms with Crippen molar-refractivity contribution in [3.05, 3.63) is 30.2 Å². The fraction of sp³-hybridized carbons (Fsp3) is 0.500. The van der Waals surface area contributed by atoms with Gasteiger partial charge >= 0.3 is 0 Å². The van der Waals surface area contributed by atoms with Crippen molar-refractivity contribution in [3.8, 4) is 17.1 Å². The highest BCUT2D eigenvalue weighted by Gasteiger charge is 2.17. The molecule has 118 valence electrons. The van der Waals surface area contributed by atoms with E-state index in [4.69, 9.17) is 9.26 Å². The summed E-state index contributed by atoms with van der Waals surface area (Å²) < 4.78 is 10.8. The highest BCUT2D eigenvalue weighted by Crippen LogP contribution is 2.20. The van der Waals surface area contributed by atoms with Gasteiger partial charge in [-0.3, -0.25) is 4.90 Å². The predicted molar refractivity (Wildman–Crippen MR) is 83.7 cm³/mol. The summed E-state index contributed by atoms with van der Waals surface area (Å²) in [6, 6.07) is 7.76. The Balaban J connectivity index is 1.63. The van der Waals surface area contributed by atoms with Crippen LogP contribution in [0.1, 0.15) is 12.8 Å². The molecule has 0 atom stereocenters. The van der Waals surface area contributed by atoms with E-state index < -0.39 is 0 Å². The van der Waals surface area contributed by atoms with Gasteiger partial charge in [-0.05, 0) is 38.2 Å². The molecule has 0 N–H and O–H groups in total. The minimum atomic E-state index is 0.632. The molecule has 6 heteroatoms. The Kier molecular flexibility index (Phi) is 4.70. The number of ether oxygens (including phenoxy) is 1. The molecule has 1 aliphatic heterocycles. The van der Waals surface area contributed by atoms with Crippen molar-refractivity contribution in [2.24, 2.45) is 0 Å². The van der Waals surface area contributed by atoms with Gasteiger partial charge in [0, 0.05) is 31.7 Å². The van der Waals surface area contributed by atoms with Crippen molar-refractivity contribution in [1.82, 2.24) is 19.9 Å². The first-order valence-electron chi connectivity index (χ1n) is 7.71. The average molecular weight is 302 g/mol. The third-order valence-corrected chi connectivity index (χ3v) is 3.85. The molecule has 3 rings (SSSR count). The fourth-order valence-corrected chi connectivity index (χ4v) is 2.50. The quantitative estimate of drug-likeness (QED) is 0.840. The molecular weight excluding hydrogens is 280 g/mol. The molecule has 0 bridgehead atoms. The number of piperazine rings is 1. The number of rotatable bonds is 5. The lowest BCUT2D eigenvalue weighted by Crippen LogP contribution is -2.43. The molecule has 1 aromatic carbocycles. The van der Waals surface area contributed by atoms with E-state index in [0.29, 0.717) is 18.3 Å². The van der Waals surface area contributed by atoms with E-state index in [2.05, 4.69) is 27.0 Å². The summed E-state index contributed by atoms with van der Waals surface area (Å²) >= 11 is 0. The Labute approximate surface area is 130 Å². The summed E-state index contributed by atoms with van der Waals surface area (Å²) in [5.41, 5.74) is 0.942. The van der Waals surface area contributed by atoms with Crippen molar-refractivity contribution < 1.29 is 9.26 Å². The van der Waals surface area contributed by atoms with Crippen LogP contribution in [-0.2, 0) is 6.54 Å². The SMILES string of the molecule is CCOc1ccc(-c2noc(CN3CCN(C)CC3)n2)cc1. The molecule has 0 spiro atoms. The molecule has 1 saturated heterocycles. The Morgan fingerprint density at radius 3 is 2.55 bits per heavy atom. The lowest BCUT2D eigenvalue weighted by molar-refractivity contribution is 0.135. The molecular formula is C16H22N4O2. The first-order valence-corrected chi connectivity index (χ1v) is 7.71. The third-order valence-electron chi connectivity index (χ3n) is 3.85. The first-order chi connectivity index (χ1) is 10.7. The van der Waals surface area contributed by atoms with Gasteiger partial charge in [0.2, 0.25) is 11.7 Å². The normalized spacial score (nSPS) is 16.8. The van der Waals surface area contributed by atoms with Gasteiger partial charge in [0.05, 0.1) is 13.2 Å². The summed E-state index contributed by atoms with van der Waals surface area (Å²) in [7, 11) is 2.15. The van der Waals surface area contributed by atoms with Crippen LogP contribution >= 0.6 is 0 Å². The zero-order chi connectivity index (χ0) is 15.4. The van der Waals surface area contributed by atoms with Crippen molar-refractivity contribution >= 4 is 0 Å². The highest BCUT2D eigenvalue weighted by molar-refractivity contribution is 5.55. The number of hydrogen-bond acceptors (Lipinski definition) is 6. The van der Waals surface area contributed by atoms with Crippen LogP contribution in [0.5, 0.6) is 5.75 Å². The summed E-state index contributed by atoms with van der Waals surface area (Å²) in [4.78, 5) is 9.17. The molecule has 0 aliphatic carbocycles. The number of hydrogen-bond donors (Lipinski definition) is 0. The van der Waals surface area contributed by atoms with Crippen molar-refractivity contribution in [2.75, 3.05) is 39.8 Å². The standard InChI is InChI=1S/C16H22N4O2/c1-3-21-14-6-4-13(5-7-14)16-17-15(22-18-16)12-20-10-8-19(2)9-11-20/h4-7H,3,8-12H2,1-2H3. The summed E-state index contributed by atoms with van der Waals surface area (Å²) in [5.74, 6) is 2.16. The van der Waals surface area contributed by atoms with E-state index in [1.54, 1.807) is 0 Å². The van der Waals surface area contributed by atoms with Gasteiger partial charge in [-0.25, -0.2) is 0 Å². The molecule has 0 amide bonds. The molecule has 2 heterocycles. The van der Waals surface area contributed by atoms with Crippen LogP contribution in [-0.4, -0.2) is 59.8 Å². The summed E-state index contributed by atoms with van der Waals surface area (Å²) in [6.07, 6.45) is 0. The zero-order valence-electron chi connectivity index (χ0n) is 13.2. The summed E-state index contributed by atoms with van der Waals surface area (Å²) in [5, 5.41) is 4.08. The Hall–Kier alpha value is -1.92. The Morgan fingerprint density at radius 2 is 1.86 bits per heavy atom. The van der Waals surface area contributed by atoms with Crippen LogP contribution in [0, 0.1) is 0 Å². The fourth-order valence-electron chi connectivity index (χ4n) is 2.50. The van der Waals surface area contributed by atoms with E-state index in [1.807, 2.05) is 31.2 Å². The topological polar surface area (TPSA) is 54.6 Å². The number of aromatic nitrogens is 2. The van der Waals surface area contributed by atoms with Gasteiger partial charge in [0.25, 0.3) is 0 Å². The van der Waals surface area contributed by atoms with Crippen molar-refractivity contribution in [3.63, 3.8) is 0 Å².